The minimum Gasteiger partial charge on any atom is -0.480 e. The van der Waals surface area contributed by atoms with Gasteiger partial charge in [-0.1, -0.05) is 0 Å². The summed E-state index contributed by atoms with van der Waals surface area (Å²) in [5.74, 6) is -1.28. The monoisotopic (exact) mass is 190 g/mol. The largest absolute Gasteiger partial charge is 0.480 e. The number of hydrogen-bond donors (Lipinski definition) is 2. The third kappa shape index (κ3) is 0.776. The Morgan fingerprint density at radius 3 is 3.00 bits per heavy atom. The van der Waals surface area contributed by atoms with Crippen molar-refractivity contribution in [2.75, 3.05) is 6.54 Å². The third-order valence-electron chi connectivity index (χ3n) is 2.21. The molecule has 2 fully saturated rings. The maximum absolute atomic E-state index is 11.0. The van der Waals surface area contributed by atoms with Crippen molar-refractivity contribution in [3.8, 4) is 0 Å². The molecule has 6 heteroatoms. The van der Waals surface area contributed by atoms with E-state index in [4.69, 9.17) is 16.7 Å². The highest BCUT2D eigenvalue weighted by atomic mass is 35.5. The summed E-state index contributed by atoms with van der Waals surface area (Å²) in [7, 11) is 0. The van der Waals surface area contributed by atoms with Gasteiger partial charge in [-0.25, -0.2) is 4.79 Å². The molecule has 0 radical (unpaired) electrons. The molecule has 2 saturated heterocycles. The maximum atomic E-state index is 11.0. The Labute approximate surface area is 73.3 Å². The Morgan fingerprint density at radius 2 is 2.42 bits per heavy atom. The molecule has 2 aliphatic rings. The number of nitrogens with one attached hydrogen (secondary N) is 1. The number of alkyl halides is 1. The van der Waals surface area contributed by atoms with Gasteiger partial charge in [0.1, 0.15) is 17.6 Å². The topological polar surface area (TPSA) is 69.6 Å². The van der Waals surface area contributed by atoms with E-state index in [0.29, 0.717) is 0 Å². The zero-order valence-electron chi connectivity index (χ0n) is 6.03. The van der Waals surface area contributed by atoms with Crippen molar-refractivity contribution >= 4 is 23.5 Å². The summed E-state index contributed by atoms with van der Waals surface area (Å²) >= 11 is 5.62. The molecule has 2 heterocycles. The van der Waals surface area contributed by atoms with Crippen molar-refractivity contribution < 1.29 is 14.7 Å². The van der Waals surface area contributed by atoms with Gasteiger partial charge >= 0.3 is 5.97 Å². The van der Waals surface area contributed by atoms with E-state index in [2.05, 4.69) is 5.32 Å². The normalized spacial score (nSPS) is 39.2. The number of fused-ring (bicyclic) bond motifs is 1. The Kier molecular flexibility index (Phi) is 1.52. The molecule has 0 aliphatic carbocycles. The molecule has 0 saturated carbocycles. The predicted octanol–water partition coefficient (Wildman–Crippen LogP) is -1.18. The average Bonchev–Trinajstić information content (AvgIpc) is 2.43. The van der Waals surface area contributed by atoms with E-state index in [1.54, 1.807) is 0 Å². The molecular formula is C6H7ClN2O3. The number of aliphatic carboxylic acids is 1. The van der Waals surface area contributed by atoms with Gasteiger partial charge in [-0.3, -0.25) is 10.1 Å². The van der Waals surface area contributed by atoms with Crippen LogP contribution in [0.5, 0.6) is 0 Å². The summed E-state index contributed by atoms with van der Waals surface area (Å²) in [6.45, 7) is 0.287. The lowest BCUT2D eigenvalue weighted by molar-refractivity contribution is -0.156. The van der Waals surface area contributed by atoms with E-state index < -0.39 is 17.4 Å². The van der Waals surface area contributed by atoms with Gasteiger partial charge < -0.3 is 10.0 Å². The highest BCUT2D eigenvalue weighted by molar-refractivity contribution is 6.34. The SMILES string of the molecule is O=C(O)C1CNC2C(Cl)C(=O)N12. The van der Waals surface area contributed by atoms with Crippen molar-refractivity contribution in [3.05, 3.63) is 0 Å². The summed E-state index contributed by atoms with van der Waals surface area (Å²) in [5, 5.41) is 10.9. The van der Waals surface area contributed by atoms with Gasteiger partial charge in [0.15, 0.2) is 0 Å². The Bertz CT molecular complexity index is 257. The molecule has 2 rings (SSSR count). The van der Waals surface area contributed by atoms with E-state index in [1.165, 1.54) is 4.90 Å². The lowest BCUT2D eigenvalue weighted by Gasteiger charge is -2.40. The van der Waals surface area contributed by atoms with Gasteiger partial charge in [-0.05, 0) is 0 Å². The number of carbonyl (C=O) groups is 2. The molecule has 0 bridgehead atoms. The molecule has 2 N–H and O–H groups in total. The van der Waals surface area contributed by atoms with Crippen LogP contribution in [0.1, 0.15) is 0 Å². The van der Waals surface area contributed by atoms with E-state index in [-0.39, 0.29) is 18.6 Å². The Hall–Kier alpha value is -0.810. The fraction of sp³-hybridized carbons (Fsp3) is 0.667. The van der Waals surface area contributed by atoms with Crippen LogP contribution in [0.2, 0.25) is 0 Å². The zero-order chi connectivity index (χ0) is 8.88. The second-order valence-corrected chi connectivity index (χ2v) is 3.32. The Balaban J connectivity index is 2.16. The second-order valence-electron chi connectivity index (χ2n) is 2.85. The molecule has 1 amide bonds. The van der Waals surface area contributed by atoms with Crippen LogP contribution in [0.25, 0.3) is 0 Å². The van der Waals surface area contributed by atoms with E-state index in [0.717, 1.165) is 0 Å². The van der Waals surface area contributed by atoms with Crippen LogP contribution in [0.4, 0.5) is 0 Å². The van der Waals surface area contributed by atoms with Crippen LogP contribution in [0.3, 0.4) is 0 Å². The molecule has 66 valence electrons. The predicted molar refractivity (Wildman–Crippen MR) is 39.7 cm³/mol. The standard InChI is InChI=1S/C6H7ClN2O3/c7-3-4-8-1-2(6(11)12)9(4)5(3)10/h2-4,8H,1H2,(H,11,12). The lowest BCUT2D eigenvalue weighted by atomic mass is 10.1. The van der Waals surface area contributed by atoms with Gasteiger partial charge in [-0.15, -0.1) is 11.6 Å². The van der Waals surface area contributed by atoms with Gasteiger partial charge in [-0.2, -0.15) is 0 Å². The molecule has 0 aromatic rings. The number of carboxylic acids is 1. The lowest BCUT2D eigenvalue weighted by Crippen LogP contribution is -2.65. The number of nitrogens with zero attached hydrogens (tertiary/aromatic N) is 1. The summed E-state index contributed by atoms with van der Waals surface area (Å²) in [5.41, 5.74) is 0. The van der Waals surface area contributed by atoms with E-state index >= 15 is 0 Å². The summed E-state index contributed by atoms with van der Waals surface area (Å²) in [6, 6.07) is -0.738. The summed E-state index contributed by atoms with van der Waals surface area (Å²) < 4.78 is 0. The number of hydrogen-bond acceptors (Lipinski definition) is 3. The highest BCUT2D eigenvalue weighted by Gasteiger charge is 2.55. The van der Waals surface area contributed by atoms with Gasteiger partial charge in [0.25, 0.3) is 0 Å². The maximum Gasteiger partial charge on any atom is 0.327 e. The molecule has 12 heavy (non-hydrogen) atoms. The summed E-state index contributed by atoms with van der Waals surface area (Å²) in [4.78, 5) is 22.9. The van der Waals surface area contributed by atoms with Gasteiger partial charge in [0.2, 0.25) is 5.91 Å². The number of halogens is 1. The fourth-order valence-electron chi connectivity index (χ4n) is 1.56. The van der Waals surface area contributed by atoms with Gasteiger partial charge in [0.05, 0.1) is 0 Å². The number of carbonyl (C=O) groups excluding carboxylic acids is 1. The van der Waals surface area contributed by atoms with Crippen LogP contribution < -0.4 is 5.32 Å². The minimum absolute atomic E-state index is 0.278. The zero-order valence-corrected chi connectivity index (χ0v) is 6.78. The van der Waals surface area contributed by atoms with Crippen LogP contribution in [-0.2, 0) is 9.59 Å². The molecular weight excluding hydrogens is 184 g/mol. The number of β-lactam (4-membered cyclic amide) rings is 1. The first-order valence-corrected chi connectivity index (χ1v) is 3.99. The highest BCUT2D eigenvalue weighted by Crippen LogP contribution is 2.29. The van der Waals surface area contributed by atoms with Crippen LogP contribution in [-0.4, -0.2) is 46.0 Å². The molecule has 5 nitrogen and oxygen atoms in total. The van der Waals surface area contributed by atoms with Crippen molar-refractivity contribution in [3.63, 3.8) is 0 Å². The van der Waals surface area contributed by atoms with Crippen LogP contribution in [0, 0.1) is 0 Å². The molecule has 3 atom stereocenters. The van der Waals surface area contributed by atoms with E-state index in [9.17, 15) is 9.59 Å². The smallest absolute Gasteiger partial charge is 0.327 e. The third-order valence-corrected chi connectivity index (χ3v) is 2.63. The van der Waals surface area contributed by atoms with Crippen molar-refractivity contribution in [2.45, 2.75) is 17.6 Å². The quantitative estimate of drug-likeness (QED) is 0.403. The number of rotatable bonds is 1. The number of amides is 1. The molecule has 0 aromatic heterocycles. The molecule has 3 unspecified atom stereocenters. The number of carboxylic acid groups (broad SMARTS) is 1. The van der Waals surface area contributed by atoms with E-state index in [1.807, 2.05) is 0 Å². The average molecular weight is 191 g/mol. The van der Waals surface area contributed by atoms with Crippen molar-refractivity contribution in [2.24, 2.45) is 0 Å². The van der Waals surface area contributed by atoms with Crippen molar-refractivity contribution in [1.82, 2.24) is 10.2 Å². The first-order chi connectivity index (χ1) is 5.63. The van der Waals surface area contributed by atoms with Crippen LogP contribution >= 0.6 is 11.6 Å². The van der Waals surface area contributed by atoms with Gasteiger partial charge in [0, 0.05) is 6.54 Å². The Morgan fingerprint density at radius 1 is 1.75 bits per heavy atom. The molecule has 0 spiro atoms. The first-order valence-electron chi connectivity index (χ1n) is 3.55. The molecule has 2 aliphatic heterocycles. The van der Waals surface area contributed by atoms with Crippen LogP contribution in [0.15, 0.2) is 0 Å². The first kappa shape index (κ1) is 7.82. The fourth-order valence-corrected chi connectivity index (χ4v) is 1.88. The second kappa shape index (κ2) is 2.34. The molecule has 0 aromatic carbocycles. The van der Waals surface area contributed by atoms with Crippen molar-refractivity contribution in [1.29, 1.82) is 0 Å². The summed E-state index contributed by atoms with van der Waals surface area (Å²) in [6.07, 6.45) is -0.278. The minimum atomic E-state index is -0.984.